The molecule has 1 amide bonds. The Bertz CT molecular complexity index is 1560. The first-order valence-corrected chi connectivity index (χ1v) is 15.9. The minimum absolute atomic E-state index is 0.0946. The maximum Gasteiger partial charge on any atom is 0.241 e. The summed E-state index contributed by atoms with van der Waals surface area (Å²) in [6, 6.07) is 7.93. The lowest BCUT2D eigenvalue weighted by Crippen LogP contribution is -2.62. The summed E-state index contributed by atoms with van der Waals surface area (Å²) in [6.07, 6.45) is 1.58. The number of anilines is 4. The maximum atomic E-state index is 14.3. The molecule has 0 radical (unpaired) electrons. The summed E-state index contributed by atoms with van der Waals surface area (Å²) in [4.78, 5) is 30.1. The third-order valence-corrected chi connectivity index (χ3v) is 9.90. The number of fused-ring (bicyclic) bond motifs is 4. The van der Waals surface area contributed by atoms with Crippen LogP contribution in [0.15, 0.2) is 30.6 Å². The van der Waals surface area contributed by atoms with Gasteiger partial charge in [-0.15, -0.1) is 0 Å². The minimum atomic E-state index is -0.321. The van der Waals surface area contributed by atoms with Crippen molar-refractivity contribution in [3.8, 4) is 0 Å². The molecule has 44 heavy (non-hydrogen) atoms. The first-order valence-electron chi connectivity index (χ1n) is 15.9. The van der Waals surface area contributed by atoms with Crippen LogP contribution in [0, 0.1) is 5.82 Å². The molecule has 6 heterocycles. The monoisotopic (exact) mass is 605 g/mol. The molecule has 0 spiro atoms. The molecule has 0 unspecified atom stereocenters. The number of piperazine rings is 1. The zero-order valence-corrected chi connectivity index (χ0v) is 26.5. The Kier molecular flexibility index (Phi) is 7.51. The van der Waals surface area contributed by atoms with Gasteiger partial charge in [-0.3, -0.25) is 14.6 Å². The number of halogens is 1. The third-order valence-electron chi connectivity index (χ3n) is 9.90. The fraction of sp³-hybridized carbons (Fsp3) is 0.594. The van der Waals surface area contributed by atoms with E-state index >= 15 is 0 Å². The highest BCUT2D eigenvalue weighted by atomic mass is 19.1. The second-order valence-electron chi connectivity index (χ2n) is 13.6. The Labute approximate surface area is 258 Å². The predicted octanol–water partition coefficient (Wildman–Crippen LogP) is 2.46. The molecular weight excluding hydrogens is 561 g/mol. The molecule has 2 saturated heterocycles. The van der Waals surface area contributed by atoms with Crippen LogP contribution in [-0.2, 0) is 14.9 Å². The molecule has 12 heteroatoms. The van der Waals surface area contributed by atoms with E-state index < -0.39 is 0 Å². The van der Waals surface area contributed by atoms with Crippen LogP contribution in [-0.4, -0.2) is 121 Å². The Morgan fingerprint density at radius 1 is 1.09 bits per heavy atom. The van der Waals surface area contributed by atoms with Gasteiger partial charge in [-0.05, 0) is 38.1 Å². The van der Waals surface area contributed by atoms with Gasteiger partial charge in [0.25, 0.3) is 0 Å². The second-order valence-corrected chi connectivity index (χ2v) is 13.6. The van der Waals surface area contributed by atoms with Gasteiger partial charge in [-0.1, -0.05) is 13.8 Å². The Morgan fingerprint density at radius 3 is 2.75 bits per heavy atom. The number of aromatic nitrogens is 3. The number of rotatable bonds is 5. The van der Waals surface area contributed by atoms with E-state index in [1.807, 2.05) is 22.5 Å². The summed E-state index contributed by atoms with van der Waals surface area (Å²) >= 11 is 0. The molecule has 4 aliphatic rings. The van der Waals surface area contributed by atoms with E-state index in [0.717, 1.165) is 80.0 Å². The number of likely N-dealkylation sites (N-methyl/N-ethyl adjacent to an activating group) is 1. The summed E-state index contributed by atoms with van der Waals surface area (Å²) in [5.41, 5.74) is 4.89. The van der Waals surface area contributed by atoms with Gasteiger partial charge < -0.3 is 24.8 Å². The van der Waals surface area contributed by atoms with E-state index in [2.05, 4.69) is 68.8 Å². The second kappa shape index (κ2) is 11.2. The van der Waals surface area contributed by atoms with Crippen molar-refractivity contribution in [1.29, 1.82) is 0 Å². The van der Waals surface area contributed by atoms with Gasteiger partial charge in [0.05, 0.1) is 48.2 Å². The number of pyridine rings is 1. The van der Waals surface area contributed by atoms with Crippen molar-refractivity contribution < 1.29 is 13.9 Å². The van der Waals surface area contributed by atoms with E-state index in [-0.39, 0.29) is 23.2 Å². The summed E-state index contributed by atoms with van der Waals surface area (Å²) in [5, 5.41) is 8.30. The van der Waals surface area contributed by atoms with Crippen LogP contribution >= 0.6 is 0 Å². The molecule has 4 aliphatic heterocycles. The quantitative estimate of drug-likeness (QED) is 0.472. The predicted molar refractivity (Wildman–Crippen MR) is 170 cm³/mol. The van der Waals surface area contributed by atoms with E-state index in [1.54, 1.807) is 12.4 Å². The highest BCUT2D eigenvalue weighted by Gasteiger charge is 2.43. The maximum absolute atomic E-state index is 14.3. The summed E-state index contributed by atoms with van der Waals surface area (Å²) < 4.78 is 21.9. The van der Waals surface area contributed by atoms with Crippen molar-refractivity contribution >= 4 is 34.3 Å². The van der Waals surface area contributed by atoms with E-state index in [0.29, 0.717) is 31.7 Å². The molecule has 1 aromatic carbocycles. The summed E-state index contributed by atoms with van der Waals surface area (Å²) in [6.45, 7) is 16.1. The van der Waals surface area contributed by atoms with Gasteiger partial charge in [0.2, 0.25) is 5.91 Å². The lowest BCUT2D eigenvalue weighted by atomic mass is 9.91. The molecule has 0 saturated carbocycles. The fourth-order valence-corrected chi connectivity index (χ4v) is 7.51. The number of hydrogen-bond acceptors (Lipinski definition) is 9. The number of benzene rings is 1. The van der Waals surface area contributed by atoms with Crippen LogP contribution < -0.4 is 20.0 Å². The Balaban J connectivity index is 1.22. The highest BCUT2D eigenvalue weighted by Crippen LogP contribution is 2.46. The number of hydrogen-bond donors (Lipinski definition) is 1. The number of ether oxygens (including phenoxy) is 1. The van der Waals surface area contributed by atoms with Crippen LogP contribution in [0.5, 0.6) is 0 Å². The van der Waals surface area contributed by atoms with Crippen LogP contribution in [0.4, 0.5) is 27.1 Å². The molecule has 3 aromatic rings. The third kappa shape index (κ3) is 5.11. The van der Waals surface area contributed by atoms with E-state index in [1.165, 1.54) is 6.07 Å². The largest absolute Gasteiger partial charge is 0.379 e. The zero-order valence-electron chi connectivity index (χ0n) is 26.5. The molecule has 1 N–H and O–H groups in total. The van der Waals surface area contributed by atoms with Gasteiger partial charge >= 0.3 is 0 Å². The minimum Gasteiger partial charge on any atom is -0.379 e. The average molecular weight is 606 g/mol. The van der Waals surface area contributed by atoms with Crippen LogP contribution in [0.25, 0.3) is 5.65 Å². The number of carbonyl (C=O) groups is 1. The topological polar surface area (TPSA) is 84.7 Å². The number of nitrogens with one attached hydrogen (secondary N) is 1. The SMILES string of the molecule is C[C@@H]1CN(CC(=O)N2CC(C)(C)c3c2cc(N2CCN(C)c4cc(F)ccc42)c2ncnn32)[C@@H](CN2CCOC[C@H]2C)CN1. The highest BCUT2D eigenvalue weighted by molar-refractivity contribution is 5.99. The average Bonchev–Trinajstić information content (AvgIpc) is 3.58. The molecule has 0 aliphatic carbocycles. The number of morpholine rings is 1. The van der Waals surface area contributed by atoms with E-state index in [4.69, 9.17) is 4.74 Å². The smallest absolute Gasteiger partial charge is 0.241 e. The molecule has 11 nitrogen and oxygen atoms in total. The fourth-order valence-electron chi connectivity index (χ4n) is 7.51. The van der Waals surface area contributed by atoms with Gasteiger partial charge in [0.1, 0.15) is 12.1 Å². The molecule has 2 aromatic heterocycles. The summed E-state index contributed by atoms with van der Waals surface area (Å²) in [7, 11) is 1.98. The van der Waals surface area contributed by atoms with E-state index in [9.17, 15) is 9.18 Å². The van der Waals surface area contributed by atoms with Crippen molar-refractivity contribution in [2.45, 2.75) is 51.2 Å². The van der Waals surface area contributed by atoms with Crippen molar-refractivity contribution in [3.05, 3.63) is 42.1 Å². The van der Waals surface area contributed by atoms with Gasteiger partial charge in [0, 0.05) is 76.4 Å². The molecule has 7 rings (SSSR count). The number of carbonyl (C=O) groups excluding carboxylic acids is 1. The lowest BCUT2D eigenvalue weighted by molar-refractivity contribution is -0.121. The van der Waals surface area contributed by atoms with Gasteiger partial charge in [-0.2, -0.15) is 5.10 Å². The van der Waals surface area contributed by atoms with Gasteiger partial charge in [-0.25, -0.2) is 13.9 Å². The molecule has 3 atom stereocenters. The molecule has 236 valence electrons. The first-order chi connectivity index (χ1) is 21.1. The molecule has 2 fully saturated rings. The standard InChI is InChI=1S/C32H44FN9O2/c1-21-15-39(24(14-34-21)16-38-10-11-44-18-22(38)2)17-29(43)41-19-32(3,4)30-27(41)13-28(31-35-20-36-42(30)31)40-9-8-37(5)26-12-23(33)6-7-25(26)40/h6-7,12-13,20-22,24,34H,8-11,14-19H2,1-5H3/t21-,22-,24-/m1/s1. The summed E-state index contributed by atoms with van der Waals surface area (Å²) in [5.74, 6) is -0.168. The van der Waals surface area contributed by atoms with Crippen molar-refractivity contribution in [1.82, 2.24) is 29.7 Å². The van der Waals surface area contributed by atoms with Crippen molar-refractivity contribution in [3.63, 3.8) is 0 Å². The zero-order chi connectivity index (χ0) is 30.7. The van der Waals surface area contributed by atoms with Crippen LogP contribution in [0.1, 0.15) is 33.4 Å². The van der Waals surface area contributed by atoms with Crippen molar-refractivity contribution in [2.24, 2.45) is 0 Å². The molecular formula is C32H44FN9O2. The van der Waals surface area contributed by atoms with Crippen LogP contribution in [0.2, 0.25) is 0 Å². The Morgan fingerprint density at radius 2 is 1.93 bits per heavy atom. The molecule has 0 bridgehead atoms. The van der Waals surface area contributed by atoms with Gasteiger partial charge in [0.15, 0.2) is 5.65 Å². The normalized spacial score (nSPS) is 25.9. The first kappa shape index (κ1) is 29.4. The van der Waals surface area contributed by atoms with Crippen molar-refractivity contribution in [2.75, 3.05) is 87.3 Å². The lowest BCUT2D eigenvalue weighted by Gasteiger charge is -2.43. The number of nitrogens with zero attached hydrogens (tertiary/aromatic N) is 8. The number of amides is 1. The van der Waals surface area contributed by atoms with Crippen LogP contribution in [0.3, 0.4) is 0 Å². The Hall–Kier alpha value is -3.32.